The van der Waals surface area contributed by atoms with Crippen molar-refractivity contribution in [1.29, 1.82) is 0 Å². The van der Waals surface area contributed by atoms with Gasteiger partial charge in [0.1, 0.15) is 0 Å². The molecule has 0 atom stereocenters. The van der Waals surface area contributed by atoms with E-state index in [4.69, 9.17) is 18.9 Å². The van der Waals surface area contributed by atoms with Crippen molar-refractivity contribution >= 4 is 112 Å². The van der Waals surface area contributed by atoms with E-state index in [2.05, 4.69) is 53.0 Å². The number of ether oxygens (including phenoxy) is 4. The predicted molar refractivity (Wildman–Crippen MR) is 208 cm³/mol. The summed E-state index contributed by atoms with van der Waals surface area (Å²) in [6.07, 6.45) is 20.2. The zero-order chi connectivity index (χ0) is 31.0. The second kappa shape index (κ2) is 67.1. The molecule has 0 N–H and O–H groups in total. The van der Waals surface area contributed by atoms with Crippen LogP contribution in [0.3, 0.4) is 0 Å². The summed E-state index contributed by atoms with van der Waals surface area (Å²) >= 11 is 9.26. The van der Waals surface area contributed by atoms with Gasteiger partial charge >= 0.3 is 35.8 Å². The van der Waals surface area contributed by atoms with Gasteiger partial charge in [-0.1, -0.05) is 105 Å². The van der Waals surface area contributed by atoms with Crippen LogP contribution in [0.5, 0.6) is 0 Å². The van der Waals surface area contributed by atoms with Crippen LogP contribution in [0.1, 0.15) is 129 Å². The molecule has 0 rings (SSSR count). The van der Waals surface area contributed by atoms with Gasteiger partial charge in [-0.05, 0) is 25.7 Å². The molecule has 0 heterocycles. The Bertz CT molecular complexity index is 420. The van der Waals surface area contributed by atoms with Crippen molar-refractivity contribution in [2.24, 2.45) is 0 Å². The van der Waals surface area contributed by atoms with E-state index in [-0.39, 0.29) is 86.7 Å². The fourth-order valence-corrected chi connectivity index (χ4v) is 3.27. The fourth-order valence-electron chi connectivity index (χ4n) is 2.94. The molecule has 0 saturated carbocycles. The molecule has 0 amide bonds. The van der Waals surface area contributed by atoms with Gasteiger partial charge in [-0.2, -0.15) is 38.5 Å². The maximum Gasteiger partial charge on any atom is 2.00 e. The van der Waals surface area contributed by atoms with Crippen molar-refractivity contribution in [2.45, 2.75) is 129 Å². The summed E-state index contributed by atoms with van der Waals surface area (Å²) in [5, 5.41) is 0. The van der Waals surface area contributed by atoms with Crippen molar-refractivity contribution in [1.82, 2.24) is 0 Å². The summed E-state index contributed by atoms with van der Waals surface area (Å²) < 4.78 is 19.4. The second-order valence-electron chi connectivity index (χ2n) is 9.28. The zero-order valence-electron chi connectivity index (χ0n) is 28.7. The standard InChI is InChI=1S/2C8H16O3S.2C8H17.2H2S.2Sn/c2*1-10-5-2-3-6-11-8(9)4-7-12;2*1-3-5-7-8-6-4-2;;;;/h2*12H,2-7H2,1H3;2*1,3-8H2,2H3;2*1H2;;/q;;;;;;;+2/p-2. The minimum absolute atomic E-state index is 0. The van der Waals surface area contributed by atoms with Gasteiger partial charge in [0.25, 0.3) is 0 Å². The predicted octanol–water partition coefficient (Wildman–Crippen LogP) is 7.61. The number of carbonyl (C=O) groups excluding carboxylic acids is 2. The van der Waals surface area contributed by atoms with Crippen LogP contribution in [-0.4, -0.2) is 112 Å². The van der Waals surface area contributed by atoms with E-state index in [0.717, 1.165) is 51.7 Å². The Morgan fingerprint density at radius 2 is 0.841 bits per heavy atom. The molecule has 0 fully saturated rings. The van der Waals surface area contributed by atoms with Crippen LogP contribution in [0.25, 0.3) is 0 Å². The second-order valence-corrected chi connectivity index (χ2v) is 10.1. The number of esters is 2. The van der Waals surface area contributed by atoms with Gasteiger partial charge in [-0.25, -0.2) is 0 Å². The smallest absolute Gasteiger partial charge is 0.792 e. The van der Waals surface area contributed by atoms with Crippen LogP contribution in [-0.2, 0) is 53.8 Å². The van der Waals surface area contributed by atoms with Crippen molar-refractivity contribution in [3.8, 4) is 0 Å². The molecule has 264 valence electrons. The normalized spacial score (nSPS) is 8.91. The first kappa shape index (κ1) is 64.4. The van der Waals surface area contributed by atoms with Crippen LogP contribution < -0.4 is 0 Å². The molecule has 0 spiro atoms. The summed E-state index contributed by atoms with van der Waals surface area (Å²) in [7, 11) is 3.31. The molecule has 0 aromatic carbocycles. The molecule has 12 heteroatoms. The maximum atomic E-state index is 10.8. The summed E-state index contributed by atoms with van der Waals surface area (Å²) in [4.78, 5) is 21.5. The first-order valence-corrected chi connectivity index (χ1v) is 16.6. The largest absolute Gasteiger partial charge is 2.00 e. The van der Waals surface area contributed by atoms with Crippen LogP contribution in [0.15, 0.2) is 0 Å². The van der Waals surface area contributed by atoms with Crippen LogP contribution in [0.4, 0.5) is 0 Å². The molecule has 0 aliphatic rings. The Morgan fingerprint density at radius 1 is 0.545 bits per heavy atom. The van der Waals surface area contributed by atoms with Crippen molar-refractivity contribution in [2.75, 3.05) is 52.2 Å². The minimum atomic E-state index is -0.192. The summed E-state index contributed by atoms with van der Waals surface area (Å²) in [5.41, 5.74) is 0. The molecular weight excluding hydrogens is 846 g/mol. The molecular formula is C32H68O6S4Sn2. The van der Waals surface area contributed by atoms with Gasteiger partial charge in [0.15, 0.2) is 0 Å². The number of hydrogen-bond donors (Lipinski definition) is 0. The Kier molecular flexibility index (Phi) is 98.2. The van der Waals surface area contributed by atoms with E-state index < -0.39 is 0 Å². The third-order valence-electron chi connectivity index (χ3n) is 5.33. The molecule has 0 unspecified atom stereocenters. The average molecular weight is 915 g/mol. The maximum absolute atomic E-state index is 10.8. The van der Waals surface area contributed by atoms with E-state index in [1.54, 1.807) is 14.2 Å². The van der Waals surface area contributed by atoms with Gasteiger partial charge in [-0.3, -0.25) is 9.59 Å². The monoisotopic (exact) mass is 916 g/mol. The number of methoxy groups -OCH3 is 2. The van der Waals surface area contributed by atoms with E-state index >= 15 is 0 Å². The van der Waals surface area contributed by atoms with Gasteiger partial charge in [0.2, 0.25) is 0 Å². The van der Waals surface area contributed by atoms with Gasteiger partial charge in [0, 0.05) is 64.2 Å². The third-order valence-corrected chi connectivity index (χ3v) is 5.74. The van der Waals surface area contributed by atoms with Gasteiger partial charge in [-0.15, -0.1) is 0 Å². The van der Waals surface area contributed by atoms with Gasteiger partial charge in [0.05, 0.1) is 13.2 Å². The summed E-state index contributed by atoms with van der Waals surface area (Å²) in [5.74, 6) is 0.498. The van der Waals surface area contributed by atoms with Gasteiger partial charge < -0.3 is 44.2 Å². The quantitative estimate of drug-likeness (QED) is 0.0425. The molecule has 0 bridgehead atoms. The molecule has 0 aromatic heterocycles. The van der Waals surface area contributed by atoms with E-state index in [9.17, 15) is 9.59 Å². The fraction of sp³-hybridized carbons (Fsp3) is 0.875. The van der Waals surface area contributed by atoms with E-state index in [1.165, 1.54) is 64.2 Å². The first-order chi connectivity index (χ1) is 19.4. The zero-order valence-corrected chi connectivity index (χ0v) is 38.0. The van der Waals surface area contributed by atoms with E-state index in [0.29, 0.717) is 37.6 Å². The molecule has 0 aliphatic heterocycles. The molecule has 0 aliphatic carbocycles. The molecule has 0 saturated heterocycles. The Hall–Kier alpha value is 1.86. The third kappa shape index (κ3) is 79.4. The van der Waals surface area contributed by atoms with Crippen LogP contribution >= 0.6 is 27.0 Å². The van der Waals surface area contributed by atoms with Crippen molar-refractivity contribution < 1.29 is 28.5 Å². The Balaban J connectivity index is -0.0000000646. The van der Waals surface area contributed by atoms with Crippen molar-refractivity contribution in [3.05, 3.63) is 13.8 Å². The van der Waals surface area contributed by atoms with E-state index in [1.807, 2.05) is 0 Å². The summed E-state index contributed by atoms with van der Waals surface area (Å²) in [6.45, 7) is 14.5. The Labute approximate surface area is 333 Å². The SMILES string of the molecule is COCCCCOC(=O)CC[S-].COCCCCOC(=O)CC[S-].S.S.[CH2]CCCCCCC.[CH2]CCCCCCC.[Sn+2].[Sn]. The number of rotatable bonds is 24. The topological polar surface area (TPSA) is 71.1 Å². The van der Waals surface area contributed by atoms with Crippen LogP contribution in [0, 0.1) is 13.8 Å². The minimum Gasteiger partial charge on any atom is -0.792 e. The number of unbranched alkanes of at least 4 members (excludes halogenated alkanes) is 12. The summed E-state index contributed by atoms with van der Waals surface area (Å²) in [6, 6.07) is 0. The average Bonchev–Trinajstić information content (AvgIpc) is 2.95. The molecule has 44 heavy (non-hydrogen) atoms. The molecule has 0 aromatic rings. The first-order valence-electron chi connectivity index (χ1n) is 15.5. The number of carbonyl (C=O) groups is 2. The molecule has 6 nitrogen and oxygen atoms in total. The van der Waals surface area contributed by atoms with Crippen LogP contribution in [0.2, 0.25) is 0 Å². The molecule has 8 radical (unpaired) electrons. The number of hydrogen-bond acceptors (Lipinski definition) is 8. The van der Waals surface area contributed by atoms with Crippen molar-refractivity contribution in [3.63, 3.8) is 0 Å². The Morgan fingerprint density at radius 3 is 1.09 bits per heavy atom.